The van der Waals surface area contributed by atoms with Crippen LogP contribution in [0.2, 0.25) is 0 Å². The maximum absolute atomic E-state index is 11.0. The third kappa shape index (κ3) is 3.41. The third-order valence-electron chi connectivity index (χ3n) is 1.24. The third-order valence-corrected chi connectivity index (χ3v) is 1.24. The van der Waals surface area contributed by atoms with Crippen molar-refractivity contribution in [3.05, 3.63) is 11.6 Å². The Morgan fingerprint density at radius 3 is 2.40 bits per heavy atom. The predicted octanol–water partition coefficient (Wildman–Crippen LogP) is 1.26. The Balaban J connectivity index is 3.97. The molecule has 2 nitrogen and oxygen atoms in total. The van der Waals surface area contributed by atoms with Crippen LogP contribution in [0.1, 0.15) is 27.2 Å². The summed E-state index contributed by atoms with van der Waals surface area (Å²) in [5, 5.41) is 0. The second-order valence-electron chi connectivity index (χ2n) is 2.64. The minimum absolute atomic E-state index is 0.0301. The first-order valence-electron chi connectivity index (χ1n) is 3.52. The van der Waals surface area contributed by atoms with Gasteiger partial charge in [0.1, 0.15) is 0 Å². The summed E-state index contributed by atoms with van der Waals surface area (Å²) in [5.74, 6) is 0.0301. The van der Waals surface area contributed by atoms with Crippen molar-refractivity contribution in [2.24, 2.45) is 5.73 Å². The van der Waals surface area contributed by atoms with Gasteiger partial charge in [-0.25, -0.2) is 0 Å². The minimum atomic E-state index is -0.310. The molecule has 0 aliphatic carbocycles. The number of carbonyl (C=O) groups excluding carboxylic acids is 1. The van der Waals surface area contributed by atoms with Gasteiger partial charge in [0.25, 0.3) is 0 Å². The number of rotatable bonds is 3. The summed E-state index contributed by atoms with van der Waals surface area (Å²) in [6.45, 7) is 5.68. The second kappa shape index (κ2) is 4.23. The average molecular weight is 141 g/mol. The Morgan fingerprint density at radius 2 is 2.10 bits per heavy atom. The zero-order chi connectivity index (χ0) is 8.15. The zero-order valence-corrected chi connectivity index (χ0v) is 6.85. The summed E-state index contributed by atoms with van der Waals surface area (Å²) in [6.07, 6.45) is 2.30. The standard InChI is InChI=1S/C8H15NO/c1-4-7(9)8(10)5-6(2)3/h5,7H,4,9H2,1-3H3. The lowest BCUT2D eigenvalue weighted by atomic mass is 10.1. The molecule has 1 unspecified atom stereocenters. The minimum Gasteiger partial charge on any atom is -0.321 e. The van der Waals surface area contributed by atoms with Gasteiger partial charge in [0.05, 0.1) is 6.04 Å². The van der Waals surface area contributed by atoms with Gasteiger partial charge in [-0.15, -0.1) is 0 Å². The Labute approximate surface area is 62.1 Å². The monoisotopic (exact) mass is 141 g/mol. The topological polar surface area (TPSA) is 43.1 Å². The van der Waals surface area contributed by atoms with Crippen LogP contribution in [0.25, 0.3) is 0 Å². The molecular formula is C8H15NO. The Morgan fingerprint density at radius 1 is 1.60 bits per heavy atom. The van der Waals surface area contributed by atoms with Crippen LogP contribution < -0.4 is 5.73 Å². The SMILES string of the molecule is CCC(N)C(=O)C=C(C)C. The van der Waals surface area contributed by atoms with E-state index in [4.69, 9.17) is 5.73 Å². The van der Waals surface area contributed by atoms with Gasteiger partial charge in [0, 0.05) is 0 Å². The maximum Gasteiger partial charge on any atom is 0.172 e. The Bertz CT molecular complexity index is 145. The van der Waals surface area contributed by atoms with Crippen molar-refractivity contribution in [3.8, 4) is 0 Å². The fourth-order valence-electron chi connectivity index (χ4n) is 0.593. The van der Waals surface area contributed by atoms with Crippen LogP contribution in [0.5, 0.6) is 0 Å². The summed E-state index contributed by atoms with van der Waals surface area (Å²) in [6, 6.07) is -0.310. The van der Waals surface area contributed by atoms with E-state index in [2.05, 4.69) is 0 Å². The first-order chi connectivity index (χ1) is 4.57. The highest BCUT2D eigenvalue weighted by Gasteiger charge is 2.06. The summed E-state index contributed by atoms with van der Waals surface area (Å²) in [5.41, 5.74) is 6.48. The lowest BCUT2D eigenvalue weighted by molar-refractivity contribution is -0.115. The van der Waals surface area contributed by atoms with Crippen molar-refractivity contribution in [2.45, 2.75) is 33.2 Å². The molecule has 0 spiro atoms. The maximum atomic E-state index is 11.0. The highest BCUT2D eigenvalue weighted by molar-refractivity contribution is 5.94. The van der Waals surface area contributed by atoms with E-state index in [-0.39, 0.29) is 11.8 Å². The molecule has 0 bridgehead atoms. The molecule has 0 saturated heterocycles. The van der Waals surface area contributed by atoms with E-state index in [0.29, 0.717) is 6.42 Å². The summed E-state index contributed by atoms with van der Waals surface area (Å²) in [4.78, 5) is 11.0. The number of hydrogen-bond donors (Lipinski definition) is 1. The Hall–Kier alpha value is -0.630. The van der Waals surface area contributed by atoms with Gasteiger partial charge in [0.2, 0.25) is 0 Å². The Kier molecular flexibility index (Phi) is 3.96. The van der Waals surface area contributed by atoms with Gasteiger partial charge in [-0.2, -0.15) is 0 Å². The van der Waals surface area contributed by atoms with Gasteiger partial charge < -0.3 is 5.73 Å². The van der Waals surface area contributed by atoms with Crippen LogP contribution in [0.4, 0.5) is 0 Å². The van der Waals surface area contributed by atoms with E-state index in [9.17, 15) is 4.79 Å². The van der Waals surface area contributed by atoms with Crippen molar-refractivity contribution < 1.29 is 4.79 Å². The second-order valence-corrected chi connectivity index (χ2v) is 2.64. The number of hydrogen-bond acceptors (Lipinski definition) is 2. The molecule has 0 radical (unpaired) electrons. The van der Waals surface area contributed by atoms with Gasteiger partial charge in [-0.1, -0.05) is 12.5 Å². The van der Waals surface area contributed by atoms with Crippen LogP contribution in [0.3, 0.4) is 0 Å². The van der Waals surface area contributed by atoms with Gasteiger partial charge >= 0.3 is 0 Å². The molecule has 2 heteroatoms. The van der Waals surface area contributed by atoms with Crippen molar-refractivity contribution in [1.82, 2.24) is 0 Å². The normalized spacial score (nSPS) is 12.4. The fraction of sp³-hybridized carbons (Fsp3) is 0.625. The summed E-state index contributed by atoms with van der Waals surface area (Å²) >= 11 is 0. The summed E-state index contributed by atoms with van der Waals surface area (Å²) in [7, 11) is 0. The fourth-order valence-corrected chi connectivity index (χ4v) is 0.593. The molecule has 0 aromatic heterocycles. The number of ketones is 1. The van der Waals surface area contributed by atoms with E-state index in [0.717, 1.165) is 5.57 Å². The predicted molar refractivity (Wildman–Crippen MR) is 42.7 cm³/mol. The van der Waals surface area contributed by atoms with Crippen LogP contribution in [-0.2, 0) is 4.79 Å². The molecule has 0 saturated carbocycles. The molecular weight excluding hydrogens is 126 g/mol. The molecule has 2 N–H and O–H groups in total. The molecule has 10 heavy (non-hydrogen) atoms. The van der Waals surface area contributed by atoms with Crippen LogP contribution >= 0.6 is 0 Å². The lowest BCUT2D eigenvalue weighted by Crippen LogP contribution is -2.27. The van der Waals surface area contributed by atoms with E-state index in [1.54, 1.807) is 6.08 Å². The molecule has 0 aliphatic rings. The molecule has 0 rings (SSSR count). The molecule has 0 heterocycles. The first kappa shape index (κ1) is 9.37. The zero-order valence-electron chi connectivity index (χ0n) is 6.85. The van der Waals surface area contributed by atoms with Crippen molar-refractivity contribution in [1.29, 1.82) is 0 Å². The van der Waals surface area contributed by atoms with Gasteiger partial charge in [-0.05, 0) is 26.3 Å². The van der Waals surface area contributed by atoms with Gasteiger partial charge in [-0.3, -0.25) is 4.79 Å². The quantitative estimate of drug-likeness (QED) is 0.601. The molecule has 58 valence electrons. The summed E-state index contributed by atoms with van der Waals surface area (Å²) < 4.78 is 0. The molecule has 1 atom stereocenters. The lowest BCUT2D eigenvalue weighted by Gasteiger charge is -2.02. The average Bonchev–Trinajstić information content (AvgIpc) is 1.85. The number of carbonyl (C=O) groups is 1. The molecule has 0 aliphatic heterocycles. The van der Waals surface area contributed by atoms with Crippen LogP contribution in [-0.4, -0.2) is 11.8 Å². The van der Waals surface area contributed by atoms with Crippen LogP contribution in [0.15, 0.2) is 11.6 Å². The largest absolute Gasteiger partial charge is 0.321 e. The van der Waals surface area contributed by atoms with E-state index >= 15 is 0 Å². The van der Waals surface area contributed by atoms with Crippen molar-refractivity contribution in [3.63, 3.8) is 0 Å². The van der Waals surface area contributed by atoms with Crippen molar-refractivity contribution >= 4 is 5.78 Å². The molecule has 0 amide bonds. The molecule has 0 aromatic carbocycles. The van der Waals surface area contributed by atoms with Crippen LogP contribution in [0, 0.1) is 0 Å². The number of allylic oxidation sites excluding steroid dienone is 1. The molecule has 0 aromatic rings. The van der Waals surface area contributed by atoms with Gasteiger partial charge in [0.15, 0.2) is 5.78 Å². The smallest absolute Gasteiger partial charge is 0.172 e. The number of nitrogens with two attached hydrogens (primary N) is 1. The highest BCUT2D eigenvalue weighted by Crippen LogP contribution is 1.94. The molecule has 0 fully saturated rings. The van der Waals surface area contributed by atoms with E-state index in [1.165, 1.54) is 0 Å². The van der Waals surface area contributed by atoms with E-state index < -0.39 is 0 Å². The van der Waals surface area contributed by atoms with E-state index in [1.807, 2.05) is 20.8 Å². The highest BCUT2D eigenvalue weighted by atomic mass is 16.1. The van der Waals surface area contributed by atoms with Crippen molar-refractivity contribution in [2.75, 3.05) is 0 Å². The first-order valence-corrected chi connectivity index (χ1v) is 3.52.